The second-order valence-electron chi connectivity index (χ2n) is 7.53. The minimum Gasteiger partial charge on any atom is -0.370 e. The fourth-order valence-electron chi connectivity index (χ4n) is 3.80. The Hall–Kier alpha value is -2.61. The number of carbonyl (C=O) groups is 1. The van der Waals surface area contributed by atoms with Crippen LogP contribution in [0, 0.1) is 6.92 Å². The van der Waals surface area contributed by atoms with Crippen LogP contribution in [0.5, 0.6) is 0 Å². The maximum Gasteiger partial charge on any atom is 0.217 e. The van der Waals surface area contributed by atoms with E-state index in [9.17, 15) is 13.9 Å². The number of aryl methyl sites for hydroxylation is 2. The van der Waals surface area contributed by atoms with Crippen LogP contribution in [0.3, 0.4) is 0 Å². The Balaban J connectivity index is 1.77. The van der Waals surface area contributed by atoms with E-state index in [-0.39, 0.29) is 18.1 Å². The molecule has 29 heavy (non-hydrogen) atoms. The second kappa shape index (κ2) is 7.67. The summed E-state index contributed by atoms with van der Waals surface area (Å²) >= 11 is 0. The van der Waals surface area contributed by atoms with Crippen LogP contribution in [0.15, 0.2) is 53.4 Å². The summed E-state index contributed by atoms with van der Waals surface area (Å²) in [6.07, 6.45) is 0.820. The fourth-order valence-corrected chi connectivity index (χ4v) is 5.35. The lowest BCUT2D eigenvalue weighted by Crippen LogP contribution is -2.26. The van der Waals surface area contributed by atoms with E-state index in [1.165, 1.54) is 0 Å². The molecule has 0 bridgehead atoms. The van der Waals surface area contributed by atoms with E-state index < -0.39 is 10.6 Å². The number of carbonyl (C=O) groups excluding carboxylic acids is 1. The third kappa shape index (κ3) is 4.07. The highest BCUT2D eigenvalue weighted by atomic mass is 32.3. The number of pyridine rings is 1. The number of anilines is 1. The van der Waals surface area contributed by atoms with E-state index in [2.05, 4.69) is 11.0 Å². The van der Waals surface area contributed by atoms with Crippen molar-refractivity contribution in [3.63, 3.8) is 0 Å². The zero-order valence-corrected chi connectivity index (χ0v) is 17.2. The summed E-state index contributed by atoms with van der Waals surface area (Å²) in [6, 6.07) is 15.6. The molecule has 0 radical (unpaired) electrons. The minimum absolute atomic E-state index is 0.258. The molecule has 0 saturated carbocycles. The Morgan fingerprint density at radius 3 is 2.79 bits per heavy atom. The van der Waals surface area contributed by atoms with Crippen molar-refractivity contribution in [2.75, 3.05) is 17.2 Å². The number of primary amides is 1. The van der Waals surface area contributed by atoms with Crippen molar-refractivity contribution in [2.24, 2.45) is 5.73 Å². The Labute approximate surface area is 171 Å². The van der Waals surface area contributed by atoms with Gasteiger partial charge in [-0.05, 0) is 48.7 Å². The summed E-state index contributed by atoms with van der Waals surface area (Å²) in [4.78, 5) is 18.9. The third-order valence-electron chi connectivity index (χ3n) is 5.33. The van der Waals surface area contributed by atoms with Gasteiger partial charge in [-0.1, -0.05) is 29.8 Å². The zero-order chi connectivity index (χ0) is 20.6. The van der Waals surface area contributed by atoms with Crippen LogP contribution >= 0.6 is 10.6 Å². The molecule has 3 aromatic rings. The van der Waals surface area contributed by atoms with Crippen LogP contribution in [0.2, 0.25) is 0 Å². The molecular weight excluding hydrogens is 386 g/mol. The molecule has 1 amide bonds. The average molecular weight is 412 g/mol. The van der Waals surface area contributed by atoms with Crippen molar-refractivity contribution in [3.8, 4) is 0 Å². The van der Waals surface area contributed by atoms with Crippen molar-refractivity contribution in [3.05, 3.63) is 65.2 Å². The minimum atomic E-state index is -2.83. The van der Waals surface area contributed by atoms with Crippen LogP contribution in [-0.2, 0) is 17.8 Å². The second-order valence-corrected chi connectivity index (χ2v) is 9.71. The van der Waals surface area contributed by atoms with E-state index in [0.29, 0.717) is 24.4 Å². The van der Waals surface area contributed by atoms with Gasteiger partial charge in [-0.3, -0.25) is 13.9 Å². The molecule has 4 N–H and O–H groups in total. The number of nitrogens with two attached hydrogens (primary N) is 1. The first kappa shape index (κ1) is 19.7. The highest BCUT2D eigenvalue weighted by Gasteiger charge is 2.26. The number of aromatic nitrogens is 1. The molecule has 0 atom stereocenters. The van der Waals surface area contributed by atoms with E-state index in [1.807, 2.05) is 43.3 Å². The van der Waals surface area contributed by atoms with Crippen LogP contribution in [-0.4, -0.2) is 32.3 Å². The summed E-state index contributed by atoms with van der Waals surface area (Å²) in [7, 11) is -2.83. The quantitative estimate of drug-likeness (QED) is 0.600. The molecule has 0 fully saturated rings. The molecule has 1 aliphatic rings. The molecule has 2 aromatic carbocycles. The SMILES string of the molecule is Cc1ccc2nc(N3CCS(O)(O)c4ccccc4C3)cc(CCC(N)=O)c2c1. The molecule has 0 spiro atoms. The first-order valence-corrected chi connectivity index (χ1v) is 11.3. The number of fused-ring (bicyclic) bond motifs is 2. The van der Waals surface area contributed by atoms with Gasteiger partial charge in [0.05, 0.1) is 16.2 Å². The fraction of sp³-hybridized carbons (Fsp3) is 0.273. The Kier molecular flexibility index (Phi) is 5.21. The highest BCUT2D eigenvalue weighted by molar-refractivity contribution is 8.24. The summed E-state index contributed by atoms with van der Waals surface area (Å²) in [5, 5.41) is 1.02. The third-order valence-corrected chi connectivity index (χ3v) is 7.19. The van der Waals surface area contributed by atoms with Gasteiger partial charge in [-0.25, -0.2) is 4.98 Å². The maximum atomic E-state index is 11.4. The van der Waals surface area contributed by atoms with Crippen LogP contribution < -0.4 is 10.6 Å². The van der Waals surface area contributed by atoms with Gasteiger partial charge in [-0.15, -0.1) is 0 Å². The maximum absolute atomic E-state index is 11.4. The Morgan fingerprint density at radius 2 is 2.00 bits per heavy atom. The van der Waals surface area contributed by atoms with E-state index in [4.69, 9.17) is 10.7 Å². The average Bonchev–Trinajstić information content (AvgIpc) is 2.82. The molecular formula is C22H25N3O3S. The van der Waals surface area contributed by atoms with Gasteiger partial charge in [0.25, 0.3) is 0 Å². The van der Waals surface area contributed by atoms with Crippen molar-refractivity contribution in [2.45, 2.75) is 31.2 Å². The smallest absolute Gasteiger partial charge is 0.217 e. The van der Waals surface area contributed by atoms with Crippen LogP contribution in [0.4, 0.5) is 5.82 Å². The largest absolute Gasteiger partial charge is 0.370 e. The van der Waals surface area contributed by atoms with E-state index >= 15 is 0 Å². The first-order valence-electron chi connectivity index (χ1n) is 9.61. The summed E-state index contributed by atoms with van der Waals surface area (Å²) in [5.41, 5.74) is 9.29. The van der Waals surface area contributed by atoms with Gasteiger partial charge >= 0.3 is 0 Å². The van der Waals surface area contributed by atoms with E-state index in [0.717, 1.165) is 33.4 Å². The molecule has 0 aliphatic carbocycles. The molecule has 6 nitrogen and oxygen atoms in total. The predicted molar refractivity (Wildman–Crippen MR) is 117 cm³/mol. The molecule has 0 unspecified atom stereocenters. The van der Waals surface area contributed by atoms with Gasteiger partial charge in [0, 0.05) is 24.9 Å². The van der Waals surface area contributed by atoms with Gasteiger partial charge in [0.2, 0.25) is 5.91 Å². The number of amides is 1. The number of benzene rings is 2. The monoisotopic (exact) mass is 411 g/mol. The van der Waals surface area contributed by atoms with E-state index in [1.54, 1.807) is 6.07 Å². The molecule has 7 heteroatoms. The molecule has 0 saturated heterocycles. The number of hydrogen-bond donors (Lipinski definition) is 3. The van der Waals surface area contributed by atoms with Gasteiger partial charge < -0.3 is 10.6 Å². The van der Waals surface area contributed by atoms with Crippen LogP contribution in [0.1, 0.15) is 23.1 Å². The first-order chi connectivity index (χ1) is 13.8. The molecule has 152 valence electrons. The Bertz CT molecular complexity index is 1080. The Morgan fingerprint density at radius 1 is 1.21 bits per heavy atom. The zero-order valence-electron chi connectivity index (χ0n) is 16.3. The standard InChI is InChI=1S/C22H25N3O3S/c1-15-6-8-19-18(12-15)16(7-9-21(23)26)13-22(24-19)25-10-11-29(27,28)20-5-3-2-4-17(20)14-25/h2-6,8,12-13,27-28H,7,9-11,14H2,1H3,(H2,23,26). The number of nitrogens with zero attached hydrogens (tertiary/aromatic N) is 2. The van der Waals surface area contributed by atoms with Gasteiger partial charge in [0.15, 0.2) is 0 Å². The van der Waals surface area contributed by atoms with Crippen LogP contribution in [0.25, 0.3) is 10.9 Å². The molecule has 1 aromatic heterocycles. The summed E-state index contributed by atoms with van der Waals surface area (Å²) in [5.74, 6) is 0.698. The number of rotatable bonds is 4. The highest BCUT2D eigenvalue weighted by Crippen LogP contribution is 2.51. The topological polar surface area (TPSA) is 99.7 Å². The molecule has 2 heterocycles. The van der Waals surface area contributed by atoms with Crippen molar-refractivity contribution >= 4 is 33.2 Å². The van der Waals surface area contributed by atoms with Gasteiger partial charge in [-0.2, -0.15) is 10.6 Å². The lowest BCUT2D eigenvalue weighted by molar-refractivity contribution is -0.117. The summed E-state index contributed by atoms with van der Waals surface area (Å²) < 4.78 is 21.2. The van der Waals surface area contributed by atoms with Crippen molar-refractivity contribution in [1.82, 2.24) is 4.98 Å². The van der Waals surface area contributed by atoms with Gasteiger partial charge in [0.1, 0.15) is 5.82 Å². The summed E-state index contributed by atoms with van der Waals surface area (Å²) in [6.45, 7) is 3.06. The number of hydrogen-bond acceptors (Lipinski definition) is 5. The molecule has 4 rings (SSSR count). The lowest BCUT2D eigenvalue weighted by atomic mass is 10.0. The van der Waals surface area contributed by atoms with Crippen molar-refractivity contribution in [1.29, 1.82) is 0 Å². The molecule has 1 aliphatic heterocycles. The predicted octanol–water partition coefficient (Wildman–Crippen LogP) is 4.09. The van der Waals surface area contributed by atoms with Crippen molar-refractivity contribution < 1.29 is 13.9 Å². The normalized spacial score (nSPS) is 16.9. The lowest BCUT2D eigenvalue weighted by Gasteiger charge is -2.32.